The predicted octanol–water partition coefficient (Wildman–Crippen LogP) is 3.88. The highest BCUT2D eigenvalue weighted by atomic mass is 32.2. The van der Waals surface area contributed by atoms with Gasteiger partial charge in [0, 0.05) is 15.1 Å². The van der Waals surface area contributed by atoms with Crippen LogP contribution in [-0.4, -0.2) is 27.3 Å². The SMILES string of the molecule is CNS(=O)(=O)c1ccc(C)cc1C12CC(Sc3ccc(OC)cc3)(C1)C2. The van der Waals surface area contributed by atoms with Crippen molar-refractivity contribution in [2.24, 2.45) is 0 Å². The molecule has 1 N–H and O–H groups in total. The normalized spacial score (nSPS) is 26.7. The minimum atomic E-state index is -3.44. The summed E-state index contributed by atoms with van der Waals surface area (Å²) in [5.74, 6) is 0.866. The van der Waals surface area contributed by atoms with Crippen LogP contribution in [0.15, 0.2) is 52.3 Å². The predicted molar refractivity (Wildman–Crippen MR) is 105 cm³/mol. The summed E-state index contributed by atoms with van der Waals surface area (Å²) in [4.78, 5) is 1.68. The van der Waals surface area contributed by atoms with Crippen molar-refractivity contribution in [3.8, 4) is 5.75 Å². The van der Waals surface area contributed by atoms with Gasteiger partial charge in [-0.1, -0.05) is 17.7 Å². The number of hydrogen-bond acceptors (Lipinski definition) is 4. The maximum Gasteiger partial charge on any atom is 0.240 e. The van der Waals surface area contributed by atoms with Crippen molar-refractivity contribution < 1.29 is 13.2 Å². The molecule has 3 aliphatic rings. The van der Waals surface area contributed by atoms with Crippen molar-refractivity contribution in [2.45, 2.75) is 46.1 Å². The zero-order valence-electron chi connectivity index (χ0n) is 15.2. The van der Waals surface area contributed by atoms with Gasteiger partial charge in [0.25, 0.3) is 0 Å². The summed E-state index contributed by atoms with van der Waals surface area (Å²) >= 11 is 1.91. The second-order valence-electron chi connectivity index (χ2n) is 7.48. The Morgan fingerprint density at radius 1 is 1.08 bits per heavy atom. The van der Waals surface area contributed by atoms with Gasteiger partial charge >= 0.3 is 0 Å². The van der Waals surface area contributed by atoms with Crippen molar-refractivity contribution in [2.75, 3.05) is 14.2 Å². The van der Waals surface area contributed by atoms with Gasteiger partial charge in [0.05, 0.1) is 12.0 Å². The highest BCUT2D eigenvalue weighted by Gasteiger charge is 2.69. The Morgan fingerprint density at radius 3 is 2.31 bits per heavy atom. The highest BCUT2D eigenvalue weighted by Crippen LogP contribution is 2.75. The third-order valence-electron chi connectivity index (χ3n) is 5.64. The zero-order chi connectivity index (χ0) is 18.6. The van der Waals surface area contributed by atoms with E-state index in [-0.39, 0.29) is 10.2 Å². The molecule has 0 radical (unpaired) electrons. The van der Waals surface area contributed by atoms with E-state index in [2.05, 4.69) is 22.9 Å². The second kappa shape index (κ2) is 6.01. The molecule has 0 amide bonds. The van der Waals surface area contributed by atoms with E-state index in [9.17, 15) is 8.42 Å². The molecule has 0 saturated heterocycles. The molecule has 2 aromatic carbocycles. The maximum atomic E-state index is 12.4. The van der Waals surface area contributed by atoms with Crippen molar-refractivity contribution in [1.82, 2.24) is 4.72 Å². The van der Waals surface area contributed by atoms with E-state index in [0.717, 1.165) is 36.1 Å². The lowest BCUT2D eigenvalue weighted by Crippen LogP contribution is -2.68. The third kappa shape index (κ3) is 2.75. The molecule has 0 aliphatic heterocycles. The highest BCUT2D eigenvalue weighted by molar-refractivity contribution is 8.00. The molecule has 5 rings (SSSR count). The van der Waals surface area contributed by atoms with Crippen LogP contribution in [0.3, 0.4) is 0 Å². The first kappa shape index (κ1) is 17.9. The van der Waals surface area contributed by atoms with Gasteiger partial charge in [0.1, 0.15) is 5.75 Å². The molecule has 6 heteroatoms. The molecule has 3 fully saturated rings. The van der Waals surface area contributed by atoms with E-state index in [0.29, 0.717) is 4.90 Å². The molecule has 0 atom stereocenters. The molecule has 26 heavy (non-hydrogen) atoms. The van der Waals surface area contributed by atoms with Crippen molar-refractivity contribution in [3.05, 3.63) is 53.6 Å². The molecular formula is C20H23NO3S2. The largest absolute Gasteiger partial charge is 0.497 e. The van der Waals surface area contributed by atoms with Crippen LogP contribution in [0.5, 0.6) is 5.75 Å². The molecule has 2 aromatic rings. The summed E-state index contributed by atoms with van der Waals surface area (Å²) in [6.07, 6.45) is 3.10. The molecule has 0 spiro atoms. The van der Waals surface area contributed by atoms with Gasteiger partial charge in [-0.25, -0.2) is 13.1 Å². The monoisotopic (exact) mass is 389 g/mol. The van der Waals surface area contributed by atoms with Gasteiger partial charge in [0.15, 0.2) is 0 Å². The number of hydrogen-bond donors (Lipinski definition) is 1. The molecule has 2 bridgehead atoms. The second-order valence-corrected chi connectivity index (χ2v) is 10.9. The molecule has 0 unspecified atom stereocenters. The lowest BCUT2D eigenvalue weighted by atomic mass is 9.41. The van der Waals surface area contributed by atoms with Gasteiger partial charge < -0.3 is 4.74 Å². The van der Waals surface area contributed by atoms with Gasteiger partial charge in [-0.3, -0.25) is 0 Å². The number of aryl methyl sites for hydroxylation is 1. The molecule has 3 saturated carbocycles. The number of benzene rings is 2. The van der Waals surface area contributed by atoms with E-state index in [1.807, 2.05) is 36.9 Å². The van der Waals surface area contributed by atoms with Crippen LogP contribution in [0, 0.1) is 6.92 Å². The quantitative estimate of drug-likeness (QED) is 0.815. The number of ether oxygens (including phenoxy) is 1. The van der Waals surface area contributed by atoms with Crippen LogP contribution in [-0.2, 0) is 15.4 Å². The third-order valence-corrected chi connectivity index (χ3v) is 8.49. The number of rotatable bonds is 6. The summed E-state index contributed by atoms with van der Waals surface area (Å²) in [7, 11) is -0.291. The van der Waals surface area contributed by atoms with Gasteiger partial charge in [-0.05, 0) is 69.1 Å². The summed E-state index contributed by atoms with van der Waals surface area (Å²) < 4.78 is 32.8. The summed E-state index contributed by atoms with van der Waals surface area (Å²) in [6.45, 7) is 2.02. The van der Waals surface area contributed by atoms with E-state index in [1.54, 1.807) is 13.2 Å². The Kier molecular flexibility index (Phi) is 4.13. The van der Waals surface area contributed by atoms with E-state index < -0.39 is 10.0 Å². The summed E-state index contributed by atoms with van der Waals surface area (Å²) in [5.41, 5.74) is 2.12. The Hall–Kier alpha value is -1.50. The molecule has 0 heterocycles. The Bertz CT molecular complexity index is 932. The average molecular weight is 390 g/mol. The standard InChI is InChI=1S/C20H23NO3S2/c1-14-4-9-18(26(22,23)21-2)17(10-14)19-11-20(12-19,13-19)25-16-7-5-15(24-3)6-8-16/h4-10,21H,11-13H2,1-3H3. The average Bonchev–Trinajstić information content (AvgIpc) is 2.57. The van der Waals surface area contributed by atoms with Crippen LogP contribution in [0.4, 0.5) is 0 Å². The molecular weight excluding hydrogens is 366 g/mol. The minimum Gasteiger partial charge on any atom is -0.497 e. The van der Waals surface area contributed by atoms with Crippen LogP contribution in [0.1, 0.15) is 30.4 Å². The van der Waals surface area contributed by atoms with Gasteiger partial charge in [-0.15, -0.1) is 11.8 Å². The number of thioether (sulfide) groups is 1. The van der Waals surface area contributed by atoms with E-state index in [1.165, 1.54) is 11.9 Å². The number of methoxy groups -OCH3 is 1. The van der Waals surface area contributed by atoms with Crippen LogP contribution in [0.25, 0.3) is 0 Å². The Balaban J connectivity index is 1.56. The number of nitrogens with one attached hydrogen (secondary N) is 1. The number of sulfonamides is 1. The fraction of sp³-hybridized carbons (Fsp3) is 0.400. The minimum absolute atomic E-state index is 0.0186. The van der Waals surface area contributed by atoms with Gasteiger partial charge in [-0.2, -0.15) is 0 Å². The van der Waals surface area contributed by atoms with Crippen LogP contribution < -0.4 is 9.46 Å². The molecule has 0 aromatic heterocycles. The fourth-order valence-electron chi connectivity index (χ4n) is 4.39. The first-order valence-electron chi connectivity index (χ1n) is 8.69. The Morgan fingerprint density at radius 2 is 1.73 bits per heavy atom. The first-order valence-corrected chi connectivity index (χ1v) is 11.0. The molecule has 138 valence electrons. The van der Waals surface area contributed by atoms with Crippen LogP contribution >= 0.6 is 11.8 Å². The van der Waals surface area contributed by atoms with Crippen LogP contribution in [0.2, 0.25) is 0 Å². The lowest BCUT2D eigenvalue weighted by molar-refractivity contribution is 0.00523. The van der Waals surface area contributed by atoms with Crippen molar-refractivity contribution >= 4 is 21.8 Å². The smallest absolute Gasteiger partial charge is 0.240 e. The van der Waals surface area contributed by atoms with Gasteiger partial charge in [0.2, 0.25) is 10.0 Å². The lowest BCUT2D eigenvalue weighted by Gasteiger charge is -2.70. The molecule has 4 nitrogen and oxygen atoms in total. The topological polar surface area (TPSA) is 55.4 Å². The summed E-state index contributed by atoms with van der Waals surface area (Å²) in [5, 5.41) is 0. The summed E-state index contributed by atoms with van der Waals surface area (Å²) in [6, 6.07) is 13.9. The molecule has 3 aliphatic carbocycles. The maximum absolute atomic E-state index is 12.4. The fourth-order valence-corrected chi connectivity index (χ4v) is 7.23. The zero-order valence-corrected chi connectivity index (χ0v) is 16.8. The van der Waals surface area contributed by atoms with Crippen molar-refractivity contribution in [1.29, 1.82) is 0 Å². The van der Waals surface area contributed by atoms with Crippen molar-refractivity contribution in [3.63, 3.8) is 0 Å². The first-order chi connectivity index (χ1) is 12.3. The van der Waals surface area contributed by atoms with E-state index >= 15 is 0 Å². The Labute approximate surface area is 159 Å². The van der Waals surface area contributed by atoms with E-state index in [4.69, 9.17) is 4.74 Å².